The van der Waals surface area contributed by atoms with Crippen LogP contribution >= 0.6 is 11.6 Å². The largest absolute Gasteiger partial charge is 0.353 e. The van der Waals surface area contributed by atoms with E-state index >= 15 is 0 Å². The molecule has 0 aliphatic carbocycles. The third-order valence-corrected chi connectivity index (χ3v) is 2.91. The van der Waals surface area contributed by atoms with Gasteiger partial charge in [0.05, 0.1) is 6.04 Å². The molecule has 4 heteroatoms. The van der Waals surface area contributed by atoms with Gasteiger partial charge in [0, 0.05) is 17.1 Å². The fourth-order valence-electron chi connectivity index (χ4n) is 1.73. The van der Waals surface area contributed by atoms with Crippen LogP contribution in [-0.2, 0) is 4.79 Å². The van der Waals surface area contributed by atoms with Crippen molar-refractivity contribution in [3.8, 4) is 0 Å². The Kier molecular flexibility index (Phi) is 5.63. The topological polar surface area (TPSA) is 41.1 Å². The number of hydrogen-bond acceptors (Lipinski definition) is 2. The van der Waals surface area contributed by atoms with Crippen LogP contribution in [0.4, 0.5) is 0 Å². The van der Waals surface area contributed by atoms with Crippen molar-refractivity contribution in [3.05, 3.63) is 34.9 Å². The molecule has 0 fully saturated rings. The highest BCUT2D eigenvalue weighted by Crippen LogP contribution is 2.17. The first-order valence-electron chi connectivity index (χ1n) is 6.22. The highest BCUT2D eigenvalue weighted by Gasteiger charge is 2.16. The van der Waals surface area contributed by atoms with Crippen molar-refractivity contribution in [2.75, 3.05) is 0 Å². The normalized spacial score (nSPS) is 14.3. The molecule has 2 atom stereocenters. The second-order valence-corrected chi connectivity index (χ2v) is 5.26. The lowest BCUT2D eigenvalue weighted by Crippen LogP contribution is -2.45. The molecule has 0 aliphatic rings. The Labute approximate surface area is 114 Å². The molecule has 1 aromatic carbocycles. The van der Waals surface area contributed by atoms with E-state index in [1.54, 1.807) is 0 Å². The van der Waals surface area contributed by atoms with Crippen molar-refractivity contribution in [1.29, 1.82) is 0 Å². The van der Waals surface area contributed by atoms with Gasteiger partial charge in [0.2, 0.25) is 5.91 Å². The number of halogens is 1. The molecule has 0 spiro atoms. The Morgan fingerprint density at radius 1 is 1.22 bits per heavy atom. The van der Waals surface area contributed by atoms with E-state index in [-0.39, 0.29) is 24.0 Å². The SMILES string of the molecule is CC(C)NC(=O)[C@@H](C)N[C@H](C)c1cccc(Cl)c1. The molecular weight excluding hydrogens is 248 g/mol. The predicted octanol–water partition coefficient (Wildman–Crippen LogP) is 2.90. The summed E-state index contributed by atoms with van der Waals surface area (Å²) in [5.41, 5.74) is 1.08. The molecule has 1 rings (SSSR count). The minimum absolute atomic E-state index is 0.0129. The summed E-state index contributed by atoms with van der Waals surface area (Å²) in [7, 11) is 0. The van der Waals surface area contributed by atoms with Crippen LogP contribution in [0.5, 0.6) is 0 Å². The van der Waals surface area contributed by atoms with Crippen LogP contribution in [0.25, 0.3) is 0 Å². The van der Waals surface area contributed by atoms with Crippen LogP contribution in [0, 0.1) is 0 Å². The number of rotatable bonds is 5. The molecule has 0 saturated heterocycles. The Hall–Kier alpha value is -1.06. The molecule has 0 saturated carbocycles. The van der Waals surface area contributed by atoms with Gasteiger partial charge in [0.15, 0.2) is 0 Å². The van der Waals surface area contributed by atoms with Crippen molar-refractivity contribution in [2.24, 2.45) is 0 Å². The molecule has 0 unspecified atom stereocenters. The number of carbonyl (C=O) groups is 1. The molecule has 0 bridgehead atoms. The van der Waals surface area contributed by atoms with Crippen molar-refractivity contribution >= 4 is 17.5 Å². The third kappa shape index (κ3) is 4.67. The second-order valence-electron chi connectivity index (χ2n) is 4.83. The Morgan fingerprint density at radius 3 is 2.44 bits per heavy atom. The van der Waals surface area contributed by atoms with Crippen LogP contribution in [0.2, 0.25) is 5.02 Å². The molecule has 0 aliphatic heterocycles. The number of amides is 1. The molecular formula is C14H21ClN2O. The third-order valence-electron chi connectivity index (χ3n) is 2.67. The van der Waals surface area contributed by atoms with Gasteiger partial charge in [-0.2, -0.15) is 0 Å². The lowest BCUT2D eigenvalue weighted by atomic mass is 10.1. The highest BCUT2D eigenvalue weighted by atomic mass is 35.5. The second kappa shape index (κ2) is 6.76. The van der Waals surface area contributed by atoms with Crippen LogP contribution in [0.1, 0.15) is 39.3 Å². The van der Waals surface area contributed by atoms with Crippen molar-refractivity contribution in [1.82, 2.24) is 10.6 Å². The molecule has 18 heavy (non-hydrogen) atoms. The van der Waals surface area contributed by atoms with Crippen LogP contribution < -0.4 is 10.6 Å². The van der Waals surface area contributed by atoms with Crippen molar-refractivity contribution < 1.29 is 4.79 Å². The summed E-state index contributed by atoms with van der Waals surface area (Å²) in [5, 5.41) is 6.85. The molecule has 1 amide bonds. The highest BCUT2D eigenvalue weighted by molar-refractivity contribution is 6.30. The van der Waals surface area contributed by atoms with Gasteiger partial charge in [-0.3, -0.25) is 10.1 Å². The first kappa shape index (κ1) is 15.0. The van der Waals surface area contributed by atoms with E-state index in [1.807, 2.05) is 52.0 Å². The summed E-state index contributed by atoms with van der Waals surface area (Å²) < 4.78 is 0. The van der Waals surface area contributed by atoms with E-state index in [4.69, 9.17) is 11.6 Å². The Bertz CT molecular complexity index is 407. The van der Waals surface area contributed by atoms with Crippen molar-refractivity contribution in [2.45, 2.75) is 45.8 Å². The number of carbonyl (C=O) groups excluding carboxylic acids is 1. The maximum Gasteiger partial charge on any atom is 0.237 e. The van der Waals surface area contributed by atoms with E-state index in [0.717, 1.165) is 5.56 Å². The number of hydrogen-bond donors (Lipinski definition) is 2. The van der Waals surface area contributed by atoms with Gasteiger partial charge < -0.3 is 5.32 Å². The summed E-state index contributed by atoms with van der Waals surface area (Å²) >= 11 is 5.95. The molecule has 3 nitrogen and oxygen atoms in total. The van der Waals surface area contributed by atoms with E-state index in [9.17, 15) is 4.79 Å². The van der Waals surface area contributed by atoms with E-state index in [1.165, 1.54) is 0 Å². The molecule has 100 valence electrons. The van der Waals surface area contributed by atoms with E-state index in [2.05, 4.69) is 10.6 Å². The van der Waals surface area contributed by atoms with Gasteiger partial charge in [-0.1, -0.05) is 23.7 Å². The first-order chi connectivity index (χ1) is 8.40. The Balaban J connectivity index is 2.59. The molecule has 0 aromatic heterocycles. The maximum absolute atomic E-state index is 11.8. The Morgan fingerprint density at radius 2 is 1.89 bits per heavy atom. The molecule has 0 radical (unpaired) electrons. The van der Waals surface area contributed by atoms with Gasteiger partial charge in [0.25, 0.3) is 0 Å². The van der Waals surface area contributed by atoms with Gasteiger partial charge in [-0.15, -0.1) is 0 Å². The minimum Gasteiger partial charge on any atom is -0.353 e. The van der Waals surface area contributed by atoms with Gasteiger partial charge in [0.1, 0.15) is 0 Å². The summed E-state index contributed by atoms with van der Waals surface area (Å²) in [6.07, 6.45) is 0. The number of nitrogens with one attached hydrogen (secondary N) is 2. The van der Waals surface area contributed by atoms with E-state index < -0.39 is 0 Å². The summed E-state index contributed by atoms with van der Waals surface area (Å²) in [5.74, 6) is 0.0129. The zero-order valence-corrected chi connectivity index (χ0v) is 12.1. The number of benzene rings is 1. The summed E-state index contributed by atoms with van der Waals surface area (Å²) in [6.45, 7) is 7.78. The minimum atomic E-state index is -0.235. The standard InChI is InChI=1S/C14H21ClN2O/c1-9(2)16-14(18)11(4)17-10(3)12-6-5-7-13(15)8-12/h5-11,17H,1-4H3,(H,16,18)/t10-,11-/m1/s1. The van der Waals surface area contributed by atoms with Gasteiger partial charge in [-0.05, 0) is 45.4 Å². The lowest BCUT2D eigenvalue weighted by molar-refractivity contribution is -0.123. The average Bonchev–Trinajstić information content (AvgIpc) is 2.27. The average molecular weight is 269 g/mol. The van der Waals surface area contributed by atoms with E-state index in [0.29, 0.717) is 5.02 Å². The molecule has 1 aromatic rings. The zero-order chi connectivity index (χ0) is 13.7. The quantitative estimate of drug-likeness (QED) is 0.862. The van der Waals surface area contributed by atoms with Gasteiger partial charge in [-0.25, -0.2) is 0 Å². The summed E-state index contributed by atoms with van der Waals surface area (Å²) in [6, 6.07) is 7.66. The molecule has 2 N–H and O–H groups in total. The van der Waals surface area contributed by atoms with Gasteiger partial charge >= 0.3 is 0 Å². The first-order valence-corrected chi connectivity index (χ1v) is 6.60. The molecule has 0 heterocycles. The van der Waals surface area contributed by atoms with Crippen LogP contribution in [-0.4, -0.2) is 18.0 Å². The summed E-state index contributed by atoms with van der Waals surface area (Å²) in [4.78, 5) is 11.8. The van der Waals surface area contributed by atoms with Crippen LogP contribution in [0.15, 0.2) is 24.3 Å². The maximum atomic E-state index is 11.8. The predicted molar refractivity (Wildman–Crippen MR) is 75.7 cm³/mol. The van der Waals surface area contributed by atoms with Crippen LogP contribution in [0.3, 0.4) is 0 Å². The fraction of sp³-hybridized carbons (Fsp3) is 0.500. The monoisotopic (exact) mass is 268 g/mol. The lowest BCUT2D eigenvalue weighted by Gasteiger charge is -2.21. The fourth-order valence-corrected chi connectivity index (χ4v) is 1.93. The zero-order valence-electron chi connectivity index (χ0n) is 11.3. The smallest absolute Gasteiger partial charge is 0.237 e. The van der Waals surface area contributed by atoms with Crippen molar-refractivity contribution in [3.63, 3.8) is 0 Å².